The summed E-state index contributed by atoms with van der Waals surface area (Å²) >= 11 is 12.2. The van der Waals surface area contributed by atoms with Crippen molar-refractivity contribution >= 4 is 23.2 Å². The molecule has 1 saturated carbocycles. The predicted octanol–water partition coefficient (Wildman–Crippen LogP) is 4.12. The Morgan fingerprint density at radius 2 is 2.06 bits per heavy atom. The summed E-state index contributed by atoms with van der Waals surface area (Å²) in [6, 6.07) is 4.84. The third-order valence-electron chi connectivity index (χ3n) is 3.25. The van der Waals surface area contributed by atoms with Crippen LogP contribution >= 0.6 is 23.2 Å². The van der Waals surface area contributed by atoms with Crippen LogP contribution in [0.1, 0.15) is 31.2 Å². The molecular weight excluding hydrogens is 260 g/mol. The Kier molecular flexibility index (Phi) is 4.66. The maximum atomic E-state index is 12.9. The van der Waals surface area contributed by atoms with Gasteiger partial charge in [-0.25, -0.2) is 4.39 Å². The number of halogens is 3. The Morgan fingerprint density at radius 1 is 1.29 bits per heavy atom. The molecular formula is C13H16Cl2FN. The summed E-state index contributed by atoms with van der Waals surface area (Å²) in [4.78, 5) is 0. The Hall–Kier alpha value is -0.310. The minimum absolute atomic E-state index is 0.197. The molecule has 1 fully saturated rings. The SMILES string of the molecule is Fc1ccc(CNC2CCCCC2Cl)c(Cl)c1. The van der Waals surface area contributed by atoms with Crippen molar-refractivity contribution in [3.05, 3.63) is 34.6 Å². The van der Waals surface area contributed by atoms with Crippen LogP contribution in [0, 0.1) is 5.82 Å². The molecule has 1 N–H and O–H groups in total. The minimum Gasteiger partial charge on any atom is -0.308 e. The van der Waals surface area contributed by atoms with Gasteiger partial charge in [-0.15, -0.1) is 11.6 Å². The summed E-state index contributed by atoms with van der Waals surface area (Å²) in [5, 5.41) is 4.08. The van der Waals surface area contributed by atoms with Crippen LogP contribution in [0.5, 0.6) is 0 Å². The number of nitrogens with one attached hydrogen (secondary N) is 1. The molecule has 1 aliphatic carbocycles. The molecule has 17 heavy (non-hydrogen) atoms. The molecule has 0 aliphatic heterocycles. The lowest BCUT2D eigenvalue weighted by molar-refractivity contribution is 0.378. The van der Waals surface area contributed by atoms with Crippen molar-refractivity contribution < 1.29 is 4.39 Å². The number of hydrogen-bond acceptors (Lipinski definition) is 1. The van der Waals surface area contributed by atoms with Gasteiger partial charge in [0.25, 0.3) is 0 Å². The van der Waals surface area contributed by atoms with E-state index in [1.165, 1.54) is 25.0 Å². The molecule has 2 rings (SSSR count). The second-order valence-electron chi connectivity index (χ2n) is 4.52. The average Bonchev–Trinajstić information content (AvgIpc) is 2.30. The third kappa shape index (κ3) is 3.57. The highest BCUT2D eigenvalue weighted by Gasteiger charge is 2.22. The van der Waals surface area contributed by atoms with Crippen molar-refractivity contribution in [1.82, 2.24) is 5.32 Å². The zero-order valence-electron chi connectivity index (χ0n) is 9.56. The molecule has 0 spiro atoms. The van der Waals surface area contributed by atoms with E-state index in [-0.39, 0.29) is 11.2 Å². The van der Waals surface area contributed by atoms with E-state index in [0.29, 0.717) is 17.6 Å². The molecule has 0 heterocycles. The highest BCUT2D eigenvalue weighted by molar-refractivity contribution is 6.31. The first kappa shape index (κ1) is 13.1. The van der Waals surface area contributed by atoms with E-state index in [9.17, 15) is 4.39 Å². The van der Waals surface area contributed by atoms with E-state index >= 15 is 0 Å². The van der Waals surface area contributed by atoms with Crippen LogP contribution in [0.25, 0.3) is 0 Å². The molecule has 2 unspecified atom stereocenters. The van der Waals surface area contributed by atoms with Gasteiger partial charge in [0.1, 0.15) is 5.82 Å². The summed E-state index contributed by atoms with van der Waals surface area (Å²) in [6.07, 6.45) is 4.60. The molecule has 0 saturated heterocycles. The van der Waals surface area contributed by atoms with E-state index < -0.39 is 0 Å². The summed E-state index contributed by atoms with van der Waals surface area (Å²) in [7, 11) is 0. The number of hydrogen-bond donors (Lipinski definition) is 1. The molecule has 1 nitrogen and oxygen atoms in total. The number of benzene rings is 1. The molecule has 0 radical (unpaired) electrons. The first-order valence-electron chi connectivity index (χ1n) is 5.98. The van der Waals surface area contributed by atoms with Crippen LogP contribution in [-0.2, 0) is 6.54 Å². The van der Waals surface area contributed by atoms with Crippen LogP contribution in [0.2, 0.25) is 5.02 Å². The highest BCUT2D eigenvalue weighted by atomic mass is 35.5. The fraction of sp³-hybridized carbons (Fsp3) is 0.538. The number of alkyl halides is 1. The van der Waals surface area contributed by atoms with Gasteiger partial charge in [0.05, 0.1) is 0 Å². The van der Waals surface area contributed by atoms with Crippen molar-refractivity contribution in [2.75, 3.05) is 0 Å². The van der Waals surface area contributed by atoms with E-state index in [1.54, 1.807) is 6.07 Å². The lowest BCUT2D eigenvalue weighted by atomic mass is 9.95. The van der Waals surface area contributed by atoms with E-state index in [4.69, 9.17) is 23.2 Å². The summed E-state index contributed by atoms with van der Waals surface area (Å²) < 4.78 is 12.9. The highest BCUT2D eigenvalue weighted by Crippen LogP contribution is 2.24. The van der Waals surface area contributed by atoms with Crippen molar-refractivity contribution in [3.8, 4) is 0 Å². The summed E-state index contributed by atoms with van der Waals surface area (Å²) in [5.74, 6) is -0.299. The maximum absolute atomic E-state index is 12.9. The second kappa shape index (κ2) is 6.03. The molecule has 1 aromatic carbocycles. The van der Waals surface area contributed by atoms with Gasteiger partial charge in [0.2, 0.25) is 0 Å². The normalized spacial score (nSPS) is 24.9. The predicted molar refractivity (Wildman–Crippen MR) is 70.1 cm³/mol. The molecule has 1 aliphatic rings. The van der Waals surface area contributed by atoms with Crippen LogP contribution in [0.4, 0.5) is 4.39 Å². The van der Waals surface area contributed by atoms with Crippen molar-refractivity contribution in [3.63, 3.8) is 0 Å². The van der Waals surface area contributed by atoms with Crippen molar-refractivity contribution in [2.45, 2.75) is 43.6 Å². The quantitative estimate of drug-likeness (QED) is 0.819. The average molecular weight is 276 g/mol. The van der Waals surface area contributed by atoms with Gasteiger partial charge in [-0.05, 0) is 30.5 Å². The van der Waals surface area contributed by atoms with Gasteiger partial charge in [-0.1, -0.05) is 30.5 Å². The van der Waals surface area contributed by atoms with E-state index in [0.717, 1.165) is 18.4 Å². The van der Waals surface area contributed by atoms with E-state index in [1.807, 2.05) is 0 Å². The third-order valence-corrected chi connectivity index (χ3v) is 4.13. The van der Waals surface area contributed by atoms with Crippen LogP contribution in [0.15, 0.2) is 18.2 Å². The standard InChI is InChI=1S/C13H16Cl2FN/c14-11-3-1-2-4-13(11)17-8-9-5-6-10(16)7-12(9)15/h5-7,11,13,17H,1-4,8H2. The summed E-state index contributed by atoms with van der Waals surface area (Å²) in [5.41, 5.74) is 0.919. The number of rotatable bonds is 3. The largest absolute Gasteiger partial charge is 0.308 e. The maximum Gasteiger partial charge on any atom is 0.124 e. The Labute approximate surface area is 111 Å². The molecule has 94 valence electrons. The zero-order valence-corrected chi connectivity index (χ0v) is 11.1. The van der Waals surface area contributed by atoms with E-state index in [2.05, 4.69) is 5.32 Å². The fourth-order valence-electron chi connectivity index (χ4n) is 2.22. The molecule has 4 heteroatoms. The molecule has 1 aromatic rings. The van der Waals surface area contributed by atoms with Crippen LogP contribution in [0.3, 0.4) is 0 Å². The van der Waals surface area contributed by atoms with Crippen molar-refractivity contribution in [2.24, 2.45) is 0 Å². The Bertz CT molecular complexity index is 384. The van der Waals surface area contributed by atoms with Crippen LogP contribution < -0.4 is 5.32 Å². The lowest BCUT2D eigenvalue weighted by Gasteiger charge is -2.28. The van der Waals surface area contributed by atoms with Gasteiger partial charge >= 0.3 is 0 Å². The smallest absolute Gasteiger partial charge is 0.124 e. The minimum atomic E-state index is -0.299. The monoisotopic (exact) mass is 275 g/mol. The second-order valence-corrected chi connectivity index (χ2v) is 5.49. The molecule has 0 amide bonds. The lowest BCUT2D eigenvalue weighted by Crippen LogP contribution is -2.38. The van der Waals surface area contributed by atoms with Crippen LogP contribution in [-0.4, -0.2) is 11.4 Å². The topological polar surface area (TPSA) is 12.0 Å². The summed E-state index contributed by atoms with van der Waals surface area (Å²) in [6.45, 7) is 0.646. The van der Waals surface area contributed by atoms with Gasteiger partial charge in [0, 0.05) is 23.0 Å². The molecule has 2 atom stereocenters. The first-order chi connectivity index (χ1) is 8.16. The first-order valence-corrected chi connectivity index (χ1v) is 6.79. The Balaban J connectivity index is 1.92. The zero-order chi connectivity index (χ0) is 12.3. The van der Waals surface area contributed by atoms with Crippen molar-refractivity contribution in [1.29, 1.82) is 0 Å². The Morgan fingerprint density at radius 3 is 2.76 bits per heavy atom. The van der Waals surface area contributed by atoms with Gasteiger partial charge < -0.3 is 5.32 Å². The molecule has 0 aromatic heterocycles. The van der Waals surface area contributed by atoms with Gasteiger partial charge in [-0.2, -0.15) is 0 Å². The molecule has 0 bridgehead atoms. The van der Waals surface area contributed by atoms with Gasteiger partial charge in [0.15, 0.2) is 0 Å². The fourth-order valence-corrected chi connectivity index (χ4v) is 2.83. The van der Waals surface area contributed by atoms with Gasteiger partial charge in [-0.3, -0.25) is 0 Å².